The lowest BCUT2D eigenvalue weighted by atomic mass is 10.1. The number of aromatic hydroxyl groups is 1. The minimum Gasteiger partial charge on any atom is -0.508 e. The largest absolute Gasteiger partial charge is 0.508 e. The number of hydrogen-bond donors (Lipinski definition) is 3. The van der Waals surface area contributed by atoms with Gasteiger partial charge in [0, 0.05) is 18.5 Å². The third-order valence-electron chi connectivity index (χ3n) is 2.70. The molecule has 1 aromatic carbocycles. The number of carbonyl (C=O) groups excluding carboxylic acids is 1. The first-order chi connectivity index (χ1) is 9.69. The number of phenolic OH excluding ortho intramolecular Hbond substituents is 1. The van der Waals surface area contributed by atoms with Gasteiger partial charge in [-0.1, -0.05) is 12.1 Å². The molecule has 0 bridgehead atoms. The lowest BCUT2D eigenvalue weighted by Gasteiger charge is -2.03. The number of nitrogens with one attached hydrogen (secondary N) is 2. The van der Waals surface area contributed by atoms with Crippen LogP contribution < -0.4 is 10.6 Å². The summed E-state index contributed by atoms with van der Waals surface area (Å²) in [6.45, 7) is 3.31. The fraction of sp³-hybridized carbons (Fsp3) is 0.286. The summed E-state index contributed by atoms with van der Waals surface area (Å²) in [6, 6.07) is 6.96. The van der Waals surface area contributed by atoms with E-state index in [1.807, 2.05) is 19.1 Å². The maximum absolute atomic E-state index is 11.9. The molecule has 0 aliphatic rings. The average molecular weight is 291 g/mol. The third-order valence-corrected chi connectivity index (χ3v) is 3.50. The smallest absolute Gasteiger partial charge is 0.270 e. The lowest BCUT2D eigenvalue weighted by molar-refractivity contribution is 0.0950. The van der Waals surface area contributed by atoms with Gasteiger partial charge in [0.2, 0.25) is 0 Å². The number of rotatable bonds is 6. The van der Waals surface area contributed by atoms with E-state index >= 15 is 0 Å². The maximum Gasteiger partial charge on any atom is 0.270 e. The molecule has 106 valence electrons. The molecule has 6 heteroatoms. The number of aromatic nitrogens is 1. The van der Waals surface area contributed by atoms with E-state index in [-0.39, 0.29) is 11.7 Å². The van der Waals surface area contributed by atoms with Crippen molar-refractivity contribution >= 4 is 22.4 Å². The number of anilines is 1. The second-order valence-electron chi connectivity index (χ2n) is 4.24. The number of amides is 1. The van der Waals surface area contributed by atoms with Gasteiger partial charge >= 0.3 is 0 Å². The Morgan fingerprint density at radius 2 is 2.10 bits per heavy atom. The van der Waals surface area contributed by atoms with Crippen LogP contribution in [0.4, 0.5) is 5.13 Å². The van der Waals surface area contributed by atoms with Crippen LogP contribution in [0.3, 0.4) is 0 Å². The topological polar surface area (TPSA) is 74.2 Å². The van der Waals surface area contributed by atoms with Crippen molar-refractivity contribution in [3.05, 3.63) is 40.9 Å². The number of phenols is 1. The molecule has 0 aliphatic carbocycles. The molecule has 2 aromatic rings. The second-order valence-corrected chi connectivity index (χ2v) is 5.10. The summed E-state index contributed by atoms with van der Waals surface area (Å²) in [5.74, 6) is 0.0837. The Balaban J connectivity index is 1.81. The molecule has 1 amide bonds. The fourth-order valence-electron chi connectivity index (χ4n) is 1.68. The van der Waals surface area contributed by atoms with Crippen LogP contribution in [0.25, 0.3) is 0 Å². The number of benzene rings is 1. The highest BCUT2D eigenvalue weighted by Crippen LogP contribution is 2.15. The number of carbonyl (C=O) groups is 1. The Hall–Kier alpha value is -2.08. The summed E-state index contributed by atoms with van der Waals surface area (Å²) in [5, 5.41) is 17.6. The quantitative estimate of drug-likeness (QED) is 0.763. The fourth-order valence-corrected chi connectivity index (χ4v) is 2.45. The molecule has 0 atom stereocenters. The predicted octanol–water partition coefficient (Wildman–Crippen LogP) is 2.25. The zero-order valence-corrected chi connectivity index (χ0v) is 12.0. The minimum absolute atomic E-state index is 0.163. The predicted molar refractivity (Wildman–Crippen MR) is 80.4 cm³/mol. The minimum atomic E-state index is -0.163. The van der Waals surface area contributed by atoms with E-state index in [0.717, 1.165) is 23.7 Å². The van der Waals surface area contributed by atoms with E-state index in [0.29, 0.717) is 12.2 Å². The lowest BCUT2D eigenvalue weighted by Crippen LogP contribution is -2.26. The van der Waals surface area contributed by atoms with Crippen molar-refractivity contribution in [2.24, 2.45) is 0 Å². The summed E-state index contributed by atoms with van der Waals surface area (Å²) in [4.78, 5) is 16.1. The van der Waals surface area contributed by atoms with Crippen LogP contribution in [0.15, 0.2) is 29.6 Å². The van der Waals surface area contributed by atoms with Crippen LogP contribution in [-0.2, 0) is 6.42 Å². The van der Waals surface area contributed by atoms with Crippen LogP contribution in [0, 0.1) is 0 Å². The van der Waals surface area contributed by atoms with Crippen molar-refractivity contribution in [3.8, 4) is 5.75 Å². The Labute approximate surface area is 121 Å². The van der Waals surface area contributed by atoms with E-state index in [9.17, 15) is 9.90 Å². The number of nitrogens with zero attached hydrogens (tertiary/aromatic N) is 1. The Morgan fingerprint density at radius 3 is 2.80 bits per heavy atom. The van der Waals surface area contributed by atoms with Gasteiger partial charge in [-0.3, -0.25) is 4.79 Å². The van der Waals surface area contributed by atoms with Gasteiger partial charge in [0.1, 0.15) is 11.4 Å². The Bertz CT molecular complexity index is 566. The van der Waals surface area contributed by atoms with Crippen molar-refractivity contribution in [1.29, 1.82) is 0 Å². The molecule has 0 fully saturated rings. The van der Waals surface area contributed by atoms with Gasteiger partial charge in [0.25, 0.3) is 5.91 Å². The van der Waals surface area contributed by atoms with E-state index in [4.69, 9.17) is 0 Å². The van der Waals surface area contributed by atoms with Gasteiger partial charge in [0.15, 0.2) is 5.13 Å². The van der Waals surface area contributed by atoms with E-state index in [1.54, 1.807) is 17.5 Å². The monoisotopic (exact) mass is 291 g/mol. The average Bonchev–Trinajstić information content (AvgIpc) is 2.90. The highest BCUT2D eigenvalue weighted by atomic mass is 32.1. The van der Waals surface area contributed by atoms with Crippen LogP contribution in [-0.4, -0.2) is 29.1 Å². The molecule has 20 heavy (non-hydrogen) atoms. The molecule has 2 rings (SSSR count). The highest BCUT2D eigenvalue weighted by molar-refractivity contribution is 7.13. The molecular formula is C14H17N3O2S. The highest BCUT2D eigenvalue weighted by Gasteiger charge is 2.09. The SMILES string of the molecule is CCNc1nc(C(=O)NCCc2ccc(O)cc2)cs1. The first kappa shape index (κ1) is 14.3. The maximum atomic E-state index is 11.9. The van der Waals surface area contributed by atoms with Crippen molar-refractivity contribution in [2.75, 3.05) is 18.4 Å². The molecule has 0 radical (unpaired) electrons. The van der Waals surface area contributed by atoms with Gasteiger partial charge in [-0.15, -0.1) is 11.3 Å². The molecule has 0 saturated heterocycles. The molecule has 3 N–H and O–H groups in total. The van der Waals surface area contributed by atoms with Crippen molar-refractivity contribution in [1.82, 2.24) is 10.3 Å². The van der Waals surface area contributed by atoms with Gasteiger partial charge in [0.05, 0.1) is 0 Å². The second kappa shape index (κ2) is 6.91. The van der Waals surface area contributed by atoms with E-state index < -0.39 is 0 Å². The van der Waals surface area contributed by atoms with Crippen molar-refractivity contribution < 1.29 is 9.90 Å². The molecule has 0 spiro atoms. The summed E-state index contributed by atoms with van der Waals surface area (Å²) in [5.41, 5.74) is 1.51. The van der Waals surface area contributed by atoms with Gasteiger partial charge in [-0.2, -0.15) is 0 Å². The first-order valence-electron chi connectivity index (χ1n) is 6.44. The zero-order valence-electron chi connectivity index (χ0n) is 11.2. The van der Waals surface area contributed by atoms with Crippen LogP contribution >= 0.6 is 11.3 Å². The summed E-state index contributed by atoms with van der Waals surface area (Å²) >= 11 is 1.42. The van der Waals surface area contributed by atoms with Crippen LogP contribution in [0.5, 0.6) is 5.75 Å². The Kier molecular flexibility index (Phi) is 4.95. The first-order valence-corrected chi connectivity index (χ1v) is 7.32. The summed E-state index contributed by atoms with van der Waals surface area (Å²) < 4.78 is 0. The molecule has 0 unspecified atom stereocenters. The zero-order chi connectivity index (χ0) is 14.4. The van der Waals surface area contributed by atoms with Crippen LogP contribution in [0.2, 0.25) is 0 Å². The standard InChI is InChI=1S/C14H17N3O2S/c1-2-15-14-17-12(9-20-14)13(19)16-8-7-10-3-5-11(18)6-4-10/h3-6,9,18H,2,7-8H2,1H3,(H,15,17)(H,16,19). The van der Waals surface area contributed by atoms with Crippen LogP contribution in [0.1, 0.15) is 23.0 Å². The molecule has 0 saturated carbocycles. The van der Waals surface area contributed by atoms with Gasteiger partial charge in [-0.25, -0.2) is 4.98 Å². The van der Waals surface area contributed by atoms with Crippen molar-refractivity contribution in [3.63, 3.8) is 0 Å². The normalized spacial score (nSPS) is 10.2. The van der Waals surface area contributed by atoms with Gasteiger partial charge < -0.3 is 15.7 Å². The number of thiazole rings is 1. The summed E-state index contributed by atoms with van der Waals surface area (Å²) in [7, 11) is 0. The summed E-state index contributed by atoms with van der Waals surface area (Å²) in [6.07, 6.45) is 0.718. The molecule has 0 aliphatic heterocycles. The van der Waals surface area contributed by atoms with E-state index in [1.165, 1.54) is 11.3 Å². The molecule has 1 aromatic heterocycles. The van der Waals surface area contributed by atoms with E-state index in [2.05, 4.69) is 15.6 Å². The number of hydrogen-bond acceptors (Lipinski definition) is 5. The van der Waals surface area contributed by atoms with Gasteiger partial charge in [-0.05, 0) is 31.0 Å². The Morgan fingerprint density at radius 1 is 1.35 bits per heavy atom. The van der Waals surface area contributed by atoms with Crippen molar-refractivity contribution in [2.45, 2.75) is 13.3 Å². The molecule has 5 nitrogen and oxygen atoms in total. The third kappa shape index (κ3) is 3.96. The molecule has 1 heterocycles. The molecular weight excluding hydrogens is 274 g/mol.